The summed E-state index contributed by atoms with van der Waals surface area (Å²) in [5.41, 5.74) is -0.655. The number of hydrogen-bond acceptors (Lipinski definition) is 6. The van der Waals surface area contributed by atoms with Gasteiger partial charge in [-0.1, -0.05) is 23.4 Å². The predicted molar refractivity (Wildman–Crippen MR) is 134 cm³/mol. The molecule has 1 unspecified atom stereocenters. The quantitative estimate of drug-likeness (QED) is 0.260. The first-order chi connectivity index (χ1) is 17.8. The van der Waals surface area contributed by atoms with Crippen LogP contribution in [-0.2, 0) is 0 Å². The van der Waals surface area contributed by atoms with E-state index in [9.17, 15) is 13.2 Å². The van der Waals surface area contributed by atoms with Gasteiger partial charge in [0.25, 0.3) is 6.43 Å². The lowest BCUT2D eigenvalue weighted by molar-refractivity contribution is 0.107. The summed E-state index contributed by atoms with van der Waals surface area (Å²) < 4.78 is 69.1. The zero-order chi connectivity index (χ0) is 25.9. The van der Waals surface area contributed by atoms with Gasteiger partial charge in [-0.05, 0) is 48.2 Å². The number of ether oxygens (including phenoxy) is 2. The zero-order valence-corrected chi connectivity index (χ0v) is 22.1. The number of hydrogen-bond donors (Lipinski definition) is 0. The molecule has 0 N–H and O–H groups in total. The van der Waals surface area contributed by atoms with Gasteiger partial charge in [-0.25, -0.2) is 17.6 Å². The summed E-state index contributed by atoms with van der Waals surface area (Å²) in [6, 6.07) is -0.947. The Morgan fingerprint density at radius 3 is 2.84 bits per heavy atom. The monoisotopic (exact) mass is 602 g/mol. The van der Waals surface area contributed by atoms with Crippen molar-refractivity contribution < 1.29 is 27.0 Å². The molecule has 198 valence electrons. The van der Waals surface area contributed by atoms with Crippen LogP contribution in [0.25, 0.3) is 10.9 Å². The van der Waals surface area contributed by atoms with Gasteiger partial charge in [-0.2, -0.15) is 9.97 Å². The number of anilines is 1. The van der Waals surface area contributed by atoms with Gasteiger partial charge in [-0.15, -0.1) is 0 Å². The first-order valence-electron chi connectivity index (χ1n) is 12.3. The van der Waals surface area contributed by atoms with Crippen molar-refractivity contribution in [2.45, 2.75) is 56.3 Å². The molecule has 12 heteroatoms. The van der Waals surface area contributed by atoms with Gasteiger partial charge in [0, 0.05) is 18.9 Å². The van der Waals surface area contributed by atoms with Crippen molar-refractivity contribution in [2.75, 3.05) is 37.7 Å². The highest BCUT2D eigenvalue weighted by atomic mass is 79.9. The largest absolute Gasteiger partial charge is 0.488 e. The van der Waals surface area contributed by atoms with Crippen molar-refractivity contribution in [2.24, 2.45) is 5.92 Å². The van der Waals surface area contributed by atoms with Crippen molar-refractivity contribution in [3.05, 3.63) is 15.3 Å². The maximum absolute atomic E-state index is 15.5. The number of benzene rings is 1. The van der Waals surface area contributed by atoms with Gasteiger partial charge in [0.2, 0.25) is 0 Å². The van der Waals surface area contributed by atoms with Crippen LogP contribution in [0, 0.1) is 23.6 Å². The maximum Gasteiger partial charge on any atom is 0.319 e. The Morgan fingerprint density at radius 2 is 2.08 bits per heavy atom. The summed E-state index contributed by atoms with van der Waals surface area (Å²) in [4.78, 5) is 12.2. The van der Waals surface area contributed by atoms with Gasteiger partial charge in [0.1, 0.15) is 41.8 Å². The van der Waals surface area contributed by atoms with Crippen molar-refractivity contribution >= 4 is 44.3 Å². The van der Waals surface area contributed by atoms with Gasteiger partial charge in [0.15, 0.2) is 11.6 Å². The minimum Gasteiger partial charge on any atom is -0.488 e. The molecule has 1 aliphatic carbocycles. The van der Waals surface area contributed by atoms with Crippen LogP contribution >= 0.6 is 27.5 Å². The lowest BCUT2D eigenvalue weighted by Crippen LogP contribution is -2.43. The van der Waals surface area contributed by atoms with E-state index in [1.807, 2.05) is 0 Å². The third-order valence-electron chi connectivity index (χ3n) is 7.52. The van der Waals surface area contributed by atoms with Gasteiger partial charge >= 0.3 is 6.01 Å². The molecule has 6 nitrogen and oxygen atoms in total. The van der Waals surface area contributed by atoms with E-state index < -0.39 is 36.5 Å². The molecule has 1 aromatic carbocycles. The van der Waals surface area contributed by atoms with Crippen LogP contribution in [0.15, 0.2) is 4.47 Å². The topological polar surface area (TPSA) is 50.7 Å². The lowest BCUT2D eigenvalue weighted by atomic mass is 9.95. The molecular weight excluding hydrogens is 580 g/mol. The summed E-state index contributed by atoms with van der Waals surface area (Å²) in [6.07, 6.45) is 0.275. The molecule has 0 amide bonds. The van der Waals surface area contributed by atoms with Gasteiger partial charge < -0.3 is 14.4 Å². The Kier molecular flexibility index (Phi) is 6.56. The average molecular weight is 604 g/mol. The summed E-state index contributed by atoms with van der Waals surface area (Å²) in [5, 5.41) is 0.0384. The first-order valence-corrected chi connectivity index (χ1v) is 13.5. The molecule has 0 radical (unpaired) electrons. The lowest BCUT2D eigenvalue weighted by Gasteiger charge is -2.31. The molecule has 4 aliphatic rings. The van der Waals surface area contributed by atoms with Gasteiger partial charge in [0.05, 0.1) is 21.9 Å². The van der Waals surface area contributed by atoms with Crippen LogP contribution in [-0.4, -0.2) is 71.9 Å². The van der Waals surface area contributed by atoms with E-state index in [2.05, 4.69) is 42.6 Å². The van der Waals surface area contributed by atoms with Crippen molar-refractivity contribution in [1.82, 2.24) is 14.9 Å². The number of nitrogens with zero attached hydrogens (tertiary/aromatic N) is 4. The Hall–Kier alpha value is -2.03. The molecule has 4 heterocycles. The SMILES string of the molecule is Fc1c(Br)c(Cl)c2c3c(nc(OC[C@@]45CCCN4C[C@H](F)C5)nc13)N(CC(F)F)C(C#CC1CC1)CO2. The predicted octanol–water partition coefficient (Wildman–Crippen LogP) is 5.39. The average Bonchev–Trinajstić information content (AvgIpc) is 3.56. The summed E-state index contributed by atoms with van der Waals surface area (Å²) in [5.74, 6) is 5.73. The number of alkyl halides is 3. The summed E-state index contributed by atoms with van der Waals surface area (Å²) in [6.45, 7) is 0.462. The van der Waals surface area contributed by atoms with E-state index in [0.717, 1.165) is 32.2 Å². The van der Waals surface area contributed by atoms with Crippen LogP contribution in [0.1, 0.15) is 32.1 Å². The highest BCUT2D eigenvalue weighted by Crippen LogP contribution is 2.47. The maximum atomic E-state index is 15.5. The van der Waals surface area contributed by atoms with Crippen LogP contribution in [0.5, 0.6) is 11.8 Å². The Balaban J connectivity index is 1.45. The highest BCUT2D eigenvalue weighted by molar-refractivity contribution is 9.10. The van der Waals surface area contributed by atoms with E-state index in [0.29, 0.717) is 13.0 Å². The van der Waals surface area contributed by atoms with Crippen molar-refractivity contribution in [3.63, 3.8) is 0 Å². The number of aromatic nitrogens is 2. The van der Waals surface area contributed by atoms with Crippen LogP contribution in [0.2, 0.25) is 5.02 Å². The Labute approximate surface area is 224 Å². The number of rotatable bonds is 5. The molecule has 1 aromatic heterocycles. The van der Waals surface area contributed by atoms with E-state index in [1.165, 1.54) is 4.90 Å². The summed E-state index contributed by atoms with van der Waals surface area (Å²) >= 11 is 9.57. The summed E-state index contributed by atoms with van der Waals surface area (Å²) in [7, 11) is 0. The molecular formula is C25H24BrClF4N4O2. The third kappa shape index (κ3) is 4.59. The van der Waals surface area contributed by atoms with Crippen LogP contribution in [0.4, 0.5) is 23.4 Å². The Bertz CT molecular complexity index is 1300. The molecule has 37 heavy (non-hydrogen) atoms. The highest BCUT2D eigenvalue weighted by Gasteiger charge is 2.49. The Morgan fingerprint density at radius 1 is 1.27 bits per heavy atom. The zero-order valence-electron chi connectivity index (χ0n) is 19.8. The third-order valence-corrected chi connectivity index (χ3v) is 8.85. The van der Waals surface area contributed by atoms with E-state index in [4.69, 9.17) is 21.1 Å². The normalized spacial score (nSPS) is 27.2. The molecule has 0 spiro atoms. The number of halogens is 6. The van der Waals surface area contributed by atoms with Crippen molar-refractivity contribution in [1.29, 1.82) is 0 Å². The van der Waals surface area contributed by atoms with E-state index in [-0.39, 0.29) is 57.1 Å². The van der Waals surface area contributed by atoms with Crippen LogP contribution < -0.4 is 14.4 Å². The molecule has 2 aromatic rings. The van der Waals surface area contributed by atoms with E-state index >= 15 is 4.39 Å². The first kappa shape index (κ1) is 25.3. The fourth-order valence-electron chi connectivity index (χ4n) is 5.59. The standard InChI is InChI=1S/C25H24BrClF4N4O2/c26-18-19(27)22-17-21(20(18)31)32-24(37-12-25-6-1-7-34(25)9-14(28)8-25)33-23(17)35(10-16(29)30)15(11-36-22)5-4-13-2-3-13/h13-16H,1-3,6-12H2/t14-,15?,25+/m1/s1. The smallest absolute Gasteiger partial charge is 0.319 e. The molecule has 3 fully saturated rings. The minimum atomic E-state index is -2.72. The second-order valence-corrected chi connectivity index (χ2v) is 11.3. The molecule has 6 rings (SSSR count). The number of fused-ring (bicyclic) bond motifs is 1. The molecule has 0 bridgehead atoms. The van der Waals surface area contributed by atoms with Crippen molar-refractivity contribution in [3.8, 4) is 23.6 Å². The van der Waals surface area contributed by atoms with Gasteiger partial charge in [-0.3, -0.25) is 4.90 Å². The second kappa shape index (κ2) is 9.62. The second-order valence-electron chi connectivity index (χ2n) is 10.1. The molecule has 3 aliphatic heterocycles. The fourth-order valence-corrected chi connectivity index (χ4v) is 6.19. The molecule has 2 saturated heterocycles. The van der Waals surface area contributed by atoms with Crippen LogP contribution in [0.3, 0.4) is 0 Å². The molecule has 3 atom stereocenters. The fraction of sp³-hybridized carbons (Fsp3) is 0.600. The van der Waals surface area contributed by atoms with E-state index in [1.54, 1.807) is 0 Å². The minimum absolute atomic E-state index is 0.0202. The molecule has 1 saturated carbocycles.